The Balaban J connectivity index is 2.02. The normalized spacial score (nSPS) is 20.6. The van der Waals surface area contributed by atoms with E-state index in [1.54, 1.807) is 7.05 Å². The van der Waals surface area contributed by atoms with Crippen LogP contribution in [0.4, 0.5) is 0 Å². The number of carbonyl (C=O) groups excluding carboxylic acids is 1. The van der Waals surface area contributed by atoms with Gasteiger partial charge in [0, 0.05) is 31.5 Å². The molecule has 6 heteroatoms. The number of hydrogen-bond acceptors (Lipinski definition) is 4. The first-order valence-electron chi connectivity index (χ1n) is 6.69. The molecule has 0 radical (unpaired) electrons. The lowest BCUT2D eigenvalue weighted by Crippen LogP contribution is -2.55. The molecular formula is C13H23N5O. The average molecular weight is 265 g/mol. The van der Waals surface area contributed by atoms with Crippen LogP contribution in [0.25, 0.3) is 0 Å². The quantitative estimate of drug-likeness (QED) is 0.782. The predicted molar refractivity (Wildman–Crippen MR) is 73.4 cm³/mol. The van der Waals surface area contributed by atoms with Crippen LogP contribution in [0.5, 0.6) is 0 Å². The molecule has 0 spiro atoms. The number of nitrogens with zero attached hydrogens (tertiary/aromatic N) is 3. The number of fused-ring (bicyclic) bond motifs is 1. The van der Waals surface area contributed by atoms with E-state index in [9.17, 15) is 4.79 Å². The molecule has 0 fully saturated rings. The van der Waals surface area contributed by atoms with Gasteiger partial charge in [0.05, 0.1) is 12.1 Å². The van der Waals surface area contributed by atoms with Crippen molar-refractivity contribution in [2.24, 2.45) is 5.73 Å². The highest BCUT2D eigenvalue weighted by Crippen LogP contribution is 2.20. The molecule has 19 heavy (non-hydrogen) atoms. The van der Waals surface area contributed by atoms with Gasteiger partial charge in [0.15, 0.2) is 0 Å². The van der Waals surface area contributed by atoms with Gasteiger partial charge in [-0.25, -0.2) is 4.98 Å². The molecule has 3 N–H and O–H groups in total. The van der Waals surface area contributed by atoms with E-state index >= 15 is 0 Å². The molecule has 2 atom stereocenters. The maximum Gasteiger partial charge on any atom is 0.237 e. The van der Waals surface area contributed by atoms with E-state index in [1.165, 1.54) is 0 Å². The SMILES string of the molecule is CNC(C)(CC(C)N1CCn2ccnc2C1)C(N)=O. The first kappa shape index (κ1) is 14.0. The minimum atomic E-state index is -0.660. The zero-order chi connectivity index (χ0) is 14.0. The largest absolute Gasteiger partial charge is 0.368 e. The zero-order valence-corrected chi connectivity index (χ0v) is 11.9. The molecule has 0 saturated carbocycles. The van der Waals surface area contributed by atoms with E-state index in [0.29, 0.717) is 6.42 Å². The summed E-state index contributed by atoms with van der Waals surface area (Å²) in [6.45, 7) is 6.75. The lowest BCUT2D eigenvalue weighted by Gasteiger charge is -2.37. The number of primary amides is 1. The van der Waals surface area contributed by atoms with E-state index in [1.807, 2.05) is 19.3 Å². The van der Waals surface area contributed by atoms with Crippen LogP contribution < -0.4 is 11.1 Å². The van der Waals surface area contributed by atoms with Gasteiger partial charge in [-0.05, 0) is 27.3 Å². The Kier molecular flexibility index (Phi) is 3.91. The second kappa shape index (κ2) is 5.30. The topological polar surface area (TPSA) is 76.2 Å². The second-order valence-electron chi connectivity index (χ2n) is 5.51. The number of nitrogens with one attached hydrogen (secondary N) is 1. The molecule has 106 valence electrons. The van der Waals surface area contributed by atoms with Crippen molar-refractivity contribution in [1.29, 1.82) is 0 Å². The van der Waals surface area contributed by atoms with Crippen LogP contribution in [-0.2, 0) is 17.9 Å². The van der Waals surface area contributed by atoms with Crippen molar-refractivity contribution in [1.82, 2.24) is 19.8 Å². The Hall–Kier alpha value is -1.40. The first-order valence-corrected chi connectivity index (χ1v) is 6.69. The molecule has 0 bridgehead atoms. The third-order valence-corrected chi connectivity index (χ3v) is 4.20. The highest BCUT2D eigenvalue weighted by molar-refractivity contribution is 5.84. The minimum absolute atomic E-state index is 0.274. The number of imidazole rings is 1. The molecule has 0 aromatic carbocycles. The highest BCUT2D eigenvalue weighted by Gasteiger charge is 2.33. The maximum atomic E-state index is 11.6. The van der Waals surface area contributed by atoms with Crippen molar-refractivity contribution in [2.75, 3.05) is 13.6 Å². The Morgan fingerprint density at radius 3 is 3.00 bits per heavy atom. The number of aromatic nitrogens is 2. The van der Waals surface area contributed by atoms with Crippen molar-refractivity contribution >= 4 is 5.91 Å². The molecule has 1 aliphatic rings. The van der Waals surface area contributed by atoms with Crippen LogP contribution in [-0.4, -0.2) is 45.5 Å². The monoisotopic (exact) mass is 265 g/mol. The van der Waals surface area contributed by atoms with Crippen molar-refractivity contribution < 1.29 is 4.79 Å². The summed E-state index contributed by atoms with van der Waals surface area (Å²) in [5.74, 6) is 0.781. The molecule has 2 unspecified atom stereocenters. The lowest BCUT2D eigenvalue weighted by molar-refractivity contribution is -0.124. The van der Waals surface area contributed by atoms with Gasteiger partial charge in [0.25, 0.3) is 0 Å². The summed E-state index contributed by atoms with van der Waals surface area (Å²) in [4.78, 5) is 18.3. The summed E-state index contributed by atoms with van der Waals surface area (Å²) in [5.41, 5.74) is 4.82. The summed E-state index contributed by atoms with van der Waals surface area (Å²) in [7, 11) is 1.78. The molecule has 0 saturated heterocycles. The summed E-state index contributed by atoms with van der Waals surface area (Å²) in [6.07, 6.45) is 4.54. The molecule has 2 heterocycles. The molecule has 1 aromatic heterocycles. The molecular weight excluding hydrogens is 242 g/mol. The van der Waals surface area contributed by atoms with E-state index in [4.69, 9.17) is 5.73 Å². The van der Waals surface area contributed by atoms with Crippen molar-refractivity contribution in [2.45, 2.75) is 44.9 Å². The summed E-state index contributed by atoms with van der Waals surface area (Å²) in [5, 5.41) is 3.04. The maximum absolute atomic E-state index is 11.6. The number of carbonyl (C=O) groups is 1. The summed E-state index contributed by atoms with van der Waals surface area (Å²) < 4.78 is 2.18. The Morgan fingerprint density at radius 2 is 2.37 bits per heavy atom. The van der Waals surface area contributed by atoms with Crippen molar-refractivity contribution in [3.05, 3.63) is 18.2 Å². The Bertz CT molecular complexity index is 458. The van der Waals surface area contributed by atoms with Crippen LogP contribution in [0, 0.1) is 0 Å². The summed E-state index contributed by atoms with van der Waals surface area (Å²) >= 11 is 0. The smallest absolute Gasteiger partial charge is 0.237 e. The van der Waals surface area contributed by atoms with Crippen molar-refractivity contribution in [3.63, 3.8) is 0 Å². The number of hydrogen-bond donors (Lipinski definition) is 2. The van der Waals surface area contributed by atoms with E-state index < -0.39 is 5.54 Å². The number of likely N-dealkylation sites (N-methyl/N-ethyl adjacent to an activating group) is 1. The number of rotatable bonds is 5. The van der Waals surface area contributed by atoms with Gasteiger partial charge >= 0.3 is 0 Å². The van der Waals surface area contributed by atoms with Gasteiger partial charge in [-0.15, -0.1) is 0 Å². The van der Waals surface area contributed by atoms with Crippen LogP contribution >= 0.6 is 0 Å². The van der Waals surface area contributed by atoms with E-state index in [0.717, 1.165) is 25.5 Å². The number of nitrogens with two attached hydrogens (primary N) is 1. The van der Waals surface area contributed by atoms with E-state index in [-0.39, 0.29) is 11.9 Å². The fraction of sp³-hybridized carbons (Fsp3) is 0.692. The van der Waals surface area contributed by atoms with Crippen molar-refractivity contribution in [3.8, 4) is 0 Å². The fourth-order valence-corrected chi connectivity index (χ4v) is 2.61. The van der Waals surface area contributed by atoms with Gasteiger partial charge < -0.3 is 15.6 Å². The Labute approximate surface area is 114 Å². The van der Waals surface area contributed by atoms with Gasteiger partial charge in [0.2, 0.25) is 5.91 Å². The average Bonchev–Trinajstić information content (AvgIpc) is 2.85. The molecule has 0 aliphatic carbocycles. The van der Waals surface area contributed by atoms with Crippen LogP contribution in [0.3, 0.4) is 0 Å². The van der Waals surface area contributed by atoms with Gasteiger partial charge in [0.1, 0.15) is 5.82 Å². The fourth-order valence-electron chi connectivity index (χ4n) is 2.61. The van der Waals surface area contributed by atoms with Crippen LogP contribution in [0.15, 0.2) is 12.4 Å². The Morgan fingerprint density at radius 1 is 1.63 bits per heavy atom. The van der Waals surface area contributed by atoms with E-state index in [2.05, 4.69) is 26.7 Å². The third kappa shape index (κ3) is 2.79. The third-order valence-electron chi connectivity index (χ3n) is 4.20. The van der Waals surface area contributed by atoms with Crippen LogP contribution in [0.1, 0.15) is 26.1 Å². The molecule has 2 rings (SSSR count). The standard InChI is InChI=1S/C13H23N5O/c1-10(8-13(2,15-3)12(14)19)18-7-6-17-5-4-16-11(17)9-18/h4-5,10,15H,6-9H2,1-3H3,(H2,14,19). The van der Waals surface area contributed by atoms with Crippen LogP contribution in [0.2, 0.25) is 0 Å². The highest BCUT2D eigenvalue weighted by atomic mass is 16.1. The first-order chi connectivity index (χ1) is 8.96. The predicted octanol–water partition coefficient (Wildman–Crippen LogP) is -0.0593. The van der Waals surface area contributed by atoms with Gasteiger partial charge in [-0.3, -0.25) is 9.69 Å². The van der Waals surface area contributed by atoms with Gasteiger partial charge in [-0.2, -0.15) is 0 Å². The summed E-state index contributed by atoms with van der Waals surface area (Å²) in [6, 6.07) is 0.274. The lowest BCUT2D eigenvalue weighted by atomic mass is 9.92. The molecule has 6 nitrogen and oxygen atoms in total. The molecule has 1 aliphatic heterocycles. The molecule has 1 aromatic rings. The second-order valence-corrected chi connectivity index (χ2v) is 5.51. The zero-order valence-electron chi connectivity index (χ0n) is 11.9. The number of amides is 1. The van der Waals surface area contributed by atoms with Gasteiger partial charge in [-0.1, -0.05) is 0 Å². The molecule has 1 amide bonds. The minimum Gasteiger partial charge on any atom is -0.368 e.